The molecule has 2 aromatic rings. The molecule has 2 aromatic heterocycles. The van der Waals surface area contributed by atoms with Gasteiger partial charge in [0, 0.05) is 33.8 Å². The number of thioether (sulfide) groups is 1. The molecule has 0 aliphatic rings. The van der Waals surface area contributed by atoms with Gasteiger partial charge in [-0.1, -0.05) is 23.6 Å². The molecule has 0 aliphatic heterocycles. The predicted octanol–water partition coefficient (Wildman–Crippen LogP) is 1.43. The van der Waals surface area contributed by atoms with E-state index in [-0.39, 0.29) is 5.56 Å². The predicted molar refractivity (Wildman–Crippen MR) is 74.7 cm³/mol. The van der Waals surface area contributed by atoms with E-state index in [2.05, 4.69) is 21.8 Å². The molecule has 92 valence electrons. The van der Waals surface area contributed by atoms with Gasteiger partial charge in [-0.05, 0) is 6.07 Å². The van der Waals surface area contributed by atoms with Crippen LogP contribution in [0.15, 0.2) is 33.7 Å². The Labute approximate surface area is 113 Å². The third kappa shape index (κ3) is 3.74. The molecule has 0 spiro atoms. The van der Waals surface area contributed by atoms with Crippen LogP contribution in [0.3, 0.4) is 0 Å². The standard InChI is InChI=1S/C12H11N3OS2/c13-4-1-2-9-6-10(17-7-9)8-18-12-14-5-3-11(16)15-12/h3,5-7H,4,8,13H2,(H,14,15,16). The summed E-state index contributed by atoms with van der Waals surface area (Å²) in [5.41, 5.74) is 6.17. The third-order valence-electron chi connectivity index (χ3n) is 1.99. The Morgan fingerprint density at radius 3 is 3.22 bits per heavy atom. The fourth-order valence-corrected chi connectivity index (χ4v) is 2.96. The molecule has 0 fully saturated rings. The number of hydrogen-bond donors (Lipinski definition) is 2. The molecule has 4 nitrogen and oxygen atoms in total. The normalized spacial score (nSPS) is 9.83. The lowest BCUT2D eigenvalue weighted by Crippen LogP contribution is -2.05. The van der Waals surface area contributed by atoms with Crippen molar-refractivity contribution in [2.75, 3.05) is 6.54 Å². The molecule has 18 heavy (non-hydrogen) atoms. The van der Waals surface area contributed by atoms with Gasteiger partial charge in [-0.3, -0.25) is 4.79 Å². The number of nitrogens with one attached hydrogen (secondary N) is 1. The summed E-state index contributed by atoms with van der Waals surface area (Å²) in [6.07, 6.45) is 1.51. The van der Waals surface area contributed by atoms with Crippen LogP contribution < -0.4 is 11.3 Å². The molecule has 0 atom stereocenters. The zero-order chi connectivity index (χ0) is 12.8. The van der Waals surface area contributed by atoms with E-state index < -0.39 is 0 Å². The second kappa shape index (κ2) is 6.40. The highest BCUT2D eigenvalue weighted by atomic mass is 32.2. The molecule has 0 unspecified atom stereocenters. The van der Waals surface area contributed by atoms with Crippen LogP contribution in [0.2, 0.25) is 0 Å². The van der Waals surface area contributed by atoms with Gasteiger partial charge in [0.05, 0.1) is 6.54 Å². The van der Waals surface area contributed by atoms with Crippen molar-refractivity contribution in [1.82, 2.24) is 9.97 Å². The van der Waals surface area contributed by atoms with E-state index in [4.69, 9.17) is 5.73 Å². The second-order valence-corrected chi connectivity index (χ2v) is 5.30. The monoisotopic (exact) mass is 277 g/mol. The molecule has 0 aliphatic carbocycles. The first-order valence-electron chi connectivity index (χ1n) is 5.22. The van der Waals surface area contributed by atoms with E-state index in [9.17, 15) is 4.79 Å². The van der Waals surface area contributed by atoms with Crippen molar-refractivity contribution in [2.45, 2.75) is 10.9 Å². The number of thiophene rings is 1. The Hall–Kier alpha value is -1.55. The summed E-state index contributed by atoms with van der Waals surface area (Å²) in [5, 5.41) is 2.63. The molecule has 0 radical (unpaired) electrons. The Bertz CT molecular complexity index is 636. The number of H-pyrrole nitrogens is 1. The highest BCUT2D eigenvalue weighted by Crippen LogP contribution is 2.23. The molecular weight excluding hydrogens is 266 g/mol. The van der Waals surface area contributed by atoms with Gasteiger partial charge in [0.15, 0.2) is 5.16 Å². The highest BCUT2D eigenvalue weighted by molar-refractivity contribution is 7.98. The largest absolute Gasteiger partial charge is 0.320 e. The second-order valence-electron chi connectivity index (χ2n) is 3.34. The van der Waals surface area contributed by atoms with Gasteiger partial charge in [-0.2, -0.15) is 0 Å². The molecule has 0 aromatic carbocycles. The number of hydrogen-bond acceptors (Lipinski definition) is 5. The minimum Gasteiger partial charge on any atom is -0.320 e. The summed E-state index contributed by atoms with van der Waals surface area (Å²) >= 11 is 3.14. The maximum Gasteiger partial charge on any atom is 0.251 e. The van der Waals surface area contributed by atoms with E-state index in [0.717, 1.165) is 11.3 Å². The minimum absolute atomic E-state index is 0.131. The van der Waals surface area contributed by atoms with Crippen molar-refractivity contribution in [3.8, 4) is 11.8 Å². The molecule has 6 heteroatoms. The number of aromatic nitrogens is 2. The molecular formula is C12H11N3OS2. The summed E-state index contributed by atoms with van der Waals surface area (Å²) < 4.78 is 0. The van der Waals surface area contributed by atoms with E-state index >= 15 is 0 Å². The van der Waals surface area contributed by atoms with E-state index in [1.165, 1.54) is 28.9 Å². The minimum atomic E-state index is -0.131. The topological polar surface area (TPSA) is 71.8 Å². The first kappa shape index (κ1) is 12.9. The molecule has 2 heterocycles. The van der Waals surface area contributed by atoms with Gasteiger partial charge in [0.2, 0.25) is 0 Å². The fraction of sp³-hybridized carbons (Fsp3) is 0.167. The van der Waals surface area contributed by atoms with Crippen molar-refractivity contribution < 1.29 is 0 Å². The van der Waals surface area contributed by atoms with Crippen molar-refractivity contribution in [2.24, 2.45) is 5.73 Å². The van der Waals surface area contributed by atoms with Crippen molar-refractivity contribution >= 4 is 23.1 Å². The van der Waals surface area contributed by atoms with Crippen LogP contribution in [-0.4, -0.2) is 16.5 Å². The SMILES string of the molecule is NCC#Cc1csc(CSc2nccc(=O)[nH]2)c1. The van der Waals surface area contributed by atoms with Crippen molar-refractivity contribution in [1.29, 1.82) is 0 Å². The third-order valence-corrected chi connectivity index (χ3v) is 4.04. The van der Waals surface area contributed by atoms with Gasteiger partial charge in [0.1, 0.15) is 0 Å². The van der Waals surface area contributed by atoms with E-state index in [0.29, 0.717) is 11.7 Å². The van der Waals surface area contributed by atoms with Gasteiger partial charge < -0.3 is 10.7 Å². The summed E-state index contributed by atoms with van der Waals surface area (Å²) in [6, 6.07) is 3.43. The quantitative estimate of drug-likeness (QED) is 0.506. The van der Waals surface area contributed by atoms with Gasteiger partial charge in [-0.15, -0.1) is 11.3 Å². The molecule has 3 N–H and O–H groups in total. The Morgan fingerprint density at radius 1 is 1.56 bits per heavy atom. The van der Waals surface area contributed by atoms with Crippen molar-refractivity contribution in [3.63, 3.8) is 0 Å². The number of nitrogens with zero attached hydrogens (tertiary/aromatic N) is 1. The maximum absolute atomic E-state index is 11.1. The maximum atomic E-state index is 11.1. The highest BCUT2D eigenvalue weighted by Gasteiger charge is 2.01. The van der Waals surface area contributed by atoms with Crippen molar-refractivity contribution in [3.05, 3.63) is 44.5 Å². The Balaban J connectivity index is 1.98. The van der Waals surface area contributed by atoms with Crippen LogP contribution in [0.5, 0.6) is 0 Å². The number of aromatic amines is 1. The molecule has 0 saturated heterocycles. The van der Waals surface area contributed by atoms with Gasteiger partial charge in [-0.25, -0.2) is 4.98 Å². The zero-order valence-corrected chi connectivity index (χ0v) is 11.1. The lowest BCUT2D eigenvalue weighted by molar-refractivity contribution is 0.936. The lowest BCUT2D eigenvalue weighted by atomic mass is 10.3. The molecule has 0 amide bonds. The smallest absolute Gasteiger partial charge is 0.251 e. The Morgan fingerprint density at radius 2 is 2.44 bits per heavy atom. The number of rotatable bonds is 3. The van der Waals surface area contributed by atoms with Gasteiger partial charge in [0.25, 0.3) is 5.56 Å². The number of nitrogens with two attached hydrogens (primary N) is 1. The average Bonchev–Trinajstić information content (AvgIpc) is 2.82. The van der Waals surface area contributed by atoms with Crippen LogP contribution in [0.1, 0.15) is 10.4 Å². The molecule has 2 rings (SSSR count). The lowest BCUT2D eigenvalue weighted by Gasteiger charge is -1.96. The van der Waals surface area contributed by atoms with Crippen LogP contribution in [0, 0.1) is 11.8 Å². The van der Waals surface area contributed by atoms with Crippen LogP contribution in [0.4, 0.5) is 0 Å². The summed E-state index contributed by atoms with van der Waals surface area (Å²) in [5.74, 6) is 6.57. The molecule has 0 bridgehead atoms. The van der Waals surface area contributed by atoms with E-state index in [1.54, 1.807) is 11.3 Å². The van der Waals surface area contributed by atoms with Gasteiger partial charge >= 0.3 is 0 Å². The average molecular weight is 277 g/mol. The van der Waals surface area contributed by atoms with Crippen LogP contribution in [-0.2, 0) is 5.75 Å². The first-order valence-corrected chi connectivity index (χ1v) is 7.09. The summed E-state index contributed by atoms with van der Waals surface area (Å²) in [7, 11) is 0. The molecule has 0 saturated carbocycles. The van der Waals surface area contributed by atoms with Crippen LogP contribution >= 0.6 is 23.1 Å². The summed E-state index contributed by atoms with van der Waals surface area (Å²) in [6.45, 7) is 0.370. The first-order chi connectivity index (χ1) is 8.78. The van der Waals surface area contributed by atoms with Crippen LogP contribution in [0.25, 0.3) is 0 Å². The van der Waals surface area contributed by atoms with E-state index in [1.807, 2.05) is 11.4 Å². The zero-order valence-electron chi connectivity index (χ0n) is 9.47. The fourth-order valence-electron chi connectivity index (χ4n) is 1.24. The summed E-state index contributed by atoms with van der Waals surface area (Å²) in [4.78, 5) is 19.0. The Kier molecular flexibility index (Phi) is 4.59.